The highest BCUT2D eigenvalue weighted by Gasteiger charge is 2.38. The molecule has 0 bridgehead atoms. The molecular formula is C21H36N6O2. The van der Waals surface area contributed by atoms with Gasteiger partial charge in [-0.1, -0.05) is 19.3 Å². The van der Waals surface area contributed by atoms with Crippen LogP contribution in [0.1, 0.15) is 69.4 Å². The molecule has 0 aromatic carbocycles. The van der Waals surface area contributed by atoms with Gasteiger partial charge in [0.15, 0.2) is 11.8 Å². The zero-order valence-corrected chi connectivity index (χ0v) is 18.0. The maximum Gasteiger partial charge on any atom is 0.192 e. The Hall–Kier alpha value is -1.67. The summed E-state index contributed by atoms with van der Waals surface area (Å²) in [6.45, 7) is 4.96. The number of ether oxygens (including phenoxy) is 2. The number of rotatable bonds is 5. The monoisotopic (exact) mass is 404 g/mol. The van der Waals surface area contributed by atoms with Crippen molar-refractivity contribution in [3.05, 3.63) is 11.6 Å². The molecule has 2 aliphatic heterocycles. The van der Waals surface area contributed by atoms with Gasteiger partial charge in [0, 0.05) is 32.8 Å². The number of nitrogens with one attached hydrogen (secondary N) is 2. The quantitative estimate of drug-likeness (QED) is 0.578. The smallest absolute Gasteiger partial charge is 0.192 e. The summed E-state index contributed by atoms with van der Waals surface area (Å²) in [7, 11) is 1.98. The van der Waals surface area contributed by atoms with Gasteiger partial charge in [0.05, 0.1) is 11.7 Å². The number of aromatic nitrogens is 3. The van der Waals surface area contributed by atoms with Crippen LogP contribution in [0.3, 0.4) is 0 Å². The molecule has 0 amide bonds. The highest BCUT2D eigenvalue weighted by molar-refractivity contribution is 5.80. The fourth-order valence-corrected chi connectivity index (χ4v) is 4.80. The summed E-state index contributed by atoms with van der Waals surface area (Å²) in [6.07, 6.45) is 10.9. The van der Waals surface area contributed by atoms with Crippen molar-refractivity contribution in [2.24, 2.45) is 12.0 Å². The molecule has 1 aliphatic carbocycles. The van der Waals surface area contributed by atoms with Gasteiger partial charge in [0.2, 0.25) is 0 Å². The van der Waals surface area contributed by atoms with Gasteiger partial charge in [-0.05, 0) is 45.4 Å². The number of hydrogen-bond donors (Lipinski definition) is 2. The van der Waals surface area contributed by atoms with Crippen LogP contribution in [0.25, 0.3) is 0 Å². The van der Waals surface area contributed by atoms with Gasteiger partial charge in [-0.2, -0.15) is 0 Å². The van der Waals surface area contributed by atoms with E-state index in [-0.39, 0.29) is 11.7 Å². The first-order valence-corrected chi connectivity index (χ1v) is 11.3. The predicted octanol–water partition coefficient (Wildman–Crippen LogP) is 2.22. The lowest BCUT2D eigenvalue weighted by Crippen LogP contribution is -2.52. The number of hydrogen-bond acceptors (Lipinski definition) is 5. The van der Waals surface area contributed by atoms with Gasteiger partial charge in [0.25, 0.3) is 0 Å². The highest BCUT2D eigenvalue weighted by Crippen LogP contribution is 2.38. The van der Waals surface area contributed by atoms with E-state index in [1.807, 2.05) is 18.5 Å². The van der Waals surface area contributed by atoms with E-state index in [9.17, 15) is 0 Å². The summed E-state index contributed by atoms with van der Waals surface area (Å²) in [6, 6.07) is 0.388. The molecule has 2 unspecified atom stereocenters. The Morgan fingerprint density at radius 3 is 2.76 bits per heavy atom. The lowest BCUT2D eigenvalue weighted by atomic mass is 9.78. The Morgan fingerprint density at radius 2 is 2.03 bits per heavy atom. The molecule has 3 aliphatic rings. The molecule has 4 rings (SSSR count). The fraction of sp³-hybridized carbons (Fsp3) is 0.857. The van der Waals surface area contributed by atoms with Crippen LogP contribution in [-0.4, -0.2) is 58.2 Å². The van der Waals surface area contributed by atoms with E-state index < -0.39 is 0 Å². The van der Waals surface area contributed by atoms with E-state index in [0.29, 0.717) is 12.6 Å². The maximum absolute atomic E-state index is 6.27. The van der Waals surface area contributed by atoms with Crippen LogP contribution >= 0.6 is 0 Å². The highest BCUT2D eigenvalue weighted by atomic mass is 16.5. The zero-order chi connectivity index (χ0) is 20.1. The van der Waals surface area contributed by atoms with E-state index in [0.717, 1.165) is 63.1 Å². The molecule has 8 heteroatoms. The second kappa shape index (κ2) is 9.43. The summed E-state index contributed by atoms with van der Waals surface area (Å²) in [5.74, 6) is 2.62. The second-order valence-corrected chi connectivity index (χ2v) is 8.83. The fourth-order valence-electron chi connectivity index (χ4n) is 4.80. The van der Waals surface area contributed by atoms with Crippen molar-refractivity contribution >= 4 is 5.96 Å². The van der Waals surface area contributed by atoms with Crippen molar-refractivity contribution in [3.8, 4) is 0 Å². The SMILES string of the molecule is Cc1nnc(CN=C(NCC2CCCO2)NC2CCOC3(CCCCC3)C2)n1C. The van der Waals surface area contributed by atoms with Crippen molar-refractivity contribution in [2.45, 2.75) is 89.0 Å². The van der Waals surface area contributed by atoms with Crippen molar-refractivity contribution in [3.63, 3.8) is 0 Å². The van der Waals surface area contributed by atoms with Crippen molar-refractivity contribution in [1.82, 2.24) is 25.4 Å². The molecule has 2 N–H and O–H groups in total. The topological polar surface area (TPSA) is 85.6 Å². The summed E-state index contributed by atoms with van der Waals surface area (Å²) >= 11 is 0. The standard InChI is InChI=1S/C21H36N6O2/c1-16-25-26-19(27(16)2)15-23-20(22-14-18-7-6-11-28-18)24-17-8-12-29-21(13-17)9-4-3-5-10-21/h17-18H,3-15H2,1-2H3,(H2,22,23,24). The van der Waals surface area contributed by atoms with E-state index >= 15 is 0 Å². The molecule has 1 aromatic rings. The largest absolute Gasteiger partial charge is 0.376 e. The molecule has 162 valence electrons. The van der Waals surface area contributed by atoms with Crippen molar-refractivity contribution in [2.75, 3.05) is 19.8 Å². The normalized spacial score (nSPS) is 27.3. The van der Waals surface area contributed by atoms with Crippen LogP contribution in [0, 0.1) is 6.92 Å². The maximum atomic E-state index is 6.27. The molecule has 3 heterocycles. The first-order valence-electron chi connectivity index (χ1n) is 11.3. The number of aryl methyl sites for hydroxylation is 1. The van der Waals surface area contributed by atoms with Gasteiger partial charge >= 0.3 is 0 Å². The molecule has 0 radical (unpaired) electrons. The van der Waals surface area contributed by atoms with Crippen LogP contribution in [0.4, 0.5) is 0 Å². The average Bonchev–Trinajstić information content (AvgIpc) is 3.36. The van der Waals surface area contributed by atoms with Crippen molar-refractivity contribution < 1.29 is 9.47 Å². The first-order chi connectivity index (χ1) is 14.1. The lowest BCUT2D eigenvalue weighted by molar-refractivity contribution is -0.107. The minimum atomic E-state index is 0.0779. The molecule has 1 saturated carbocycles. The van der Waals surface area contributed by atoms with E-state index in [1.165, 1.54) is 32.1 Å². The molecule has 1 aromatic heterocycles. The molecule has 8 nitrogen and oxygen atoms in total. The van der Waals surface area contributed by atoms with Gasteiger partial charge in [-0.3, -0.25) is 0 Å². The predicted molar refractivity (Wildman–Crippen MR) is 112 cm³/mol. The van der Waals surface area contributed by atoms with Gasteiger partial charge < -0.3 is 24.7 Å². The third-order valence-corrected chi connectivity index (χ3v) is 6.68. The van der Waals surface area contributed by atoms with Crippen LogP contribution in [-0.2, 0) is 23.1 Å². The number of nitrogens with zero attached hydrogens (tertiary/aromatic N) is 4. The summed E-state index contributed by atoms with van der Waals surface area (Å²) in [5.41, 5.74) is 0.0779. The third-order valence-electron chi connectivity index (χ3n) is 6.68. The number of guanidine groups is 1. The minimum absolute atomic E-state index is 0.0779. The van der Waals surface area contributed by atoms with Crippen LogP contribution in [0.2, 0.25) is 0 Å². The first kappa shape index (κ1) is 20.6. The molecule has 3 fully saturated rings. The molecular weight excluding hydrogens is 368 g/mol. The molecule has 1 spiro atoms. The summed E-state index contributed by atoms with van der Waals surface area (Å²) in [4.78, 5) is 4.83. The Kier molecular flexibility index (Phi) is 6.70. The van der Waals surface area contributed by atoms with E-state index in [1.54, 1.807) is 0 Å². The van der Waals surface area contributed by atoms with Gasteiger partial charge in [0.1, 0.15) is 12.4 Å². The van der Waals surface area contributed by atoms with Crippen LogP contribution in [0.15, 0.2) is 4.99 Å². The average molecular weight is 405 g/mol. The molecule has 29 heavy (non-hydrogen) atoms. The summed E-state index contributed by atoms with van der Waals surface area (Å²) < 4.78 is 14.0. The van der Waals surface area contributed by atoms with Crippen LogP contribution in [0.5, 0.6) is 0 Å². The zero-order valence-electron chi connectivity index (χ0n) is 18.0. The Bertz CT molecular complexity index is 686. The van der Waals surface area contributed by atoms with Gasteiger partial charge in [-0.25, -0.2) is 4.99 Å². The molecule has 2 atom stereocenters. The number of aliphatic imine (C=N–C) groups is 1. The Morgan fingerprint density at radius 1 is 1.17 bits per heavy atom. The Labute approximate surface area is 173 Å². The second-order valence-electron chi connectivity index (χ2n) is 8.83. The van der Waals surface area contributed by atoms with E-state index in [2.05, 4.69) is 20.8 Å². The van der Waals surface area contributed by atoms with E-state index in [4.69, 9.17) is 14.5 Å². The third kappa shape index (κ3) is 5.28. The van der Waals surface area contributed by atoms with Crippen molar-refractivity contribution in [1.29, 1.82) is 0 Å². The van der Waals surface area contributed by atoms with Gasteiger partial charge in [-0.15, -0.1) is 10.2 Å². The molecule has 2 saturated heterocycles. The minimum Gasteiger partial charge on any atom is -0.376 e. The van der Waals surface area contributed by atoms with Crippen LogP contribution < -0.4 is 10.6 Å². The lowest BCUT2D eigenvalue weighted by Gasteiger charge is -2.44. The Balaban J connectivity index is 1.40. The summed E-state index contributed by atoms with van der Waals surface area (Å²) in [5, 5.41) is 15.6.